The first kappa shape index (κ1) is 14.0. The first-order valence-corrected chi connectivity index (χ1v) is 6.26. The lowest BCUT2D eigenvalue weighted by Crippen LogP contribution is -2.46. The van der Waals surface area contributed by atoms with Crippen molar-refractivity contribution in [2.45, 2.75) is 45.1 Å². The zero-order valence-corrected chi connectivity index (χ0v) is 10.4. The Labute approximate surface area is 102 Å². The largest absolute Gasteiger partial charge is 0.480 e. The average Bonchev–Trinajstić information content (AvgIpc) is 2.54. The van der Waals surface area contributed by atoms with Gasteiger partial charge in [-0.25, -0.2) is 4.79 Å². The Hall–Kier alpha value is -1.10. The minimum Gasteiger partial charge on any atom is -0.480 e. The Kier molecular flexibility index (Phi) is 5.97. The van der Waals surface area contributed by atoms with Crippen LogP contribution in [0.15, 0.2) is 0 Å². The van der Waals surface area contributed by atoms with Crippen molar-refractivity contribution in [2.75, 3.05) is 19.8 Å². The summed E-state index contributed by atoms with van der Waals surface area (Å²) in [5.41, 5.74) is 0. The number of hydrogen-bond donors (Lipinski definition) is 1. The van der Waals surface area contributed by atoms with Crippen LogP contribution in [0, 0.1) is 0 Å². The molecule has 1 N–H and O–H groups in total. The van der Waals surface area contributed by atoms with Crippen LogP contribution in [-0.2, 0) is 14.3 Å². The maximum atomic E-state index is 11.9. The van der Waals surface area contributed by atoms with Crippen molar-refractivity contribution in [3.05, 3.63) is 0 Å². The SMILES string of the molecule is CCCOCC(=O)N1CCCCCC1C(=O)O. The zero-order valence-electron chi connectivity index (χ0n) is 10.4. The summed E-state index contributed by atoms with van der Waals surface area (Å²) in [7, 11) is 0. The summed E-state index contributed by atoms with van der Waals surface area (Å²) in [6, 6.07) is -0.671. The van der Waals surface area contributed by atoms with Gasteiger partial charge >= 0.3 is 5.97 Å². The molecule has 1 fully saturated rings. The third-order valence-electron chi connectivity index (χ3n) is 2.93. The molecule has 0 aliphatic carbocycles. The highest BCUT2D eigenvalue weighted by molar-refractivity contribution is 5.84. The van der Waals surface area contributed by atoms with E-state index in [2.05, 4.69) is 0 Å². The quantitative estimate of drug-likeness (QED) is 0.738. The smallest absolute Gasteiger partial charge is 0.326 e. The molecule has 5 heteroatoms. The number of carboxylic acid groups (broad SMARTS) is 1. The molecule has 1 heterocycles. The maximum Gasteiger partial charge on any atom is 0.326 e. The molecule has 1 saturated heterocycles. The molecule has 1 aliphatic rings. The average molecular weight is 243 g/mol. The number of carboxylic acids is 1. The molecule has 0 radical (unpaired) electrons. The summed E-state index contributed by atoms with van der Waals surface area (Å²) in [4.78, 5) is 24.5. The summed E-state index contributed by atoms with van der Waals surface area (Å²) >= 11 is 0. The fourth-order valence-corrected chi connectivity index (χ4v) is 2.05. The van der Waals surface area contributed by atoms with Crippen LogP contribution in [0.4, 0.5) is 0 Å². The van der Waals surface area contributed by atoms with Gasteiger partial charge < -0.3 is 14.7 Å². The predicted molar refractivity (Wildman–Crippen MR) is 62.7 cm³/mol. The van der Waals surface area contributed by atoms with Crippen molar-refractivity contribution in [3.63, 3.8) is 0 Å². The fourth-order valence-electron chi connectivity index (χ4n) is 2.05. The lowest BCUT2D eigenvalue weighted by molar-refractivity contribution is -0.152. The van der Waals surface area contributed by atoms with Gasteiger partial charge in [-0.3, -0.25) is 4.79 Å². The van der Waals surface area contributed by atoms with Crippen LogP contribution in [0.3, 0.4) is 0 Å². The van der Waals surface area contributed by atoms with Crippen molar-refractivity contribution in [2.24, 2.45) is 0 Å². The fraction of sp³-hybridized carbons (Fsp3) is 0.833. The van der Waals surface area contributed by atoms with E-state index in [1.54, 1.807) is 0 Å². The Balaban J connectivity index is 2.55. The lowest BCUT2D eigenvalue weighted by Gasteiger charge is -2.26. The molecule has 5 nitrogen and oxygen atoms in total. The first-order valence-electron chi connectivity index (χ1n) is 6.26. The molecule has 98 valence electrons. The first-order chi connectivity index (χ1) is 8.16. The number of amides is 1. The molecule has 0 saturated carbocycles. The third kappa shape index (κ3) is 4.34. The Morgan fingerprint density at radius 2 is 2.12 bits per heavy atom. The van der Waals surface area contributed by atoms with Crippen molar-refractivity contribution in [1.82, 2.24) is 4.90 Å². The molecule has 0 bridgehead atoms. The van der Waals surface area contributed by atoms with Crippen LogP contribution in [0.5, 0.6) is 0 Å². The van der Waals surface area contributed by atoms with Gasteiger partial charge in [-0.2, -0.15) is 0 Å². The lowest BCUT2D eigenvalue weighted by atomic mass is 10.1. The van der Waals surface area contributed by atoms with Crippen LogP contribution in [-0.4, -0.2) is 47.7 Å². The second-order valence-electron chi connectivity index (χ2n) is 4.34. The number of carbonyl (C=O) groups excluding carboxylic acids is 1. The number of aliphatic carboxylic acids is 1. The van der Waals surface area contributed by atoms with Gasteiger partial charge in [0.1, 0.15) is 12.6 Å². The molecule has 1 aliphatic heterocycles. The van der Waals surface area contributed by atoms with Gasteiger partial charge in [0.25, 0.3) is 0 Å². The minimum absolute atomic E-state index is 0.00236. The monoisotopic (exact) mass is 243 g/mol. The van der Waals surface area contributed by atoms with Gasteiger partial charge in [0.2, 0.25) is 5.91 Å². The molecule has 1 unspecified atom stereocenters. The van der Waals surface area contributed by atoms with E-state index in [4.69, 9.17) is 9.84 Å². The molecule has 17 heavy (non-hydrogen) atoms. The molecule has 1 rings (SSSR count). The van der Waals surface area contributed by atoms with Crippen molar-refractivity contribution >= 4 is 11.9 Å². The van der Waals surface area contributed by atoms with Crippen LogP contribution in [0.25, 0.3) is 0 Å². The highest BCUT2D eigenvalue weighted by Gasteiger charge is 2.30. The topological polar surface area (TPSA) is 66.8 Å². The second kappa shape index (κ2) is 7.27. The molecule has 1 amide bonds. The van der Waals surface area contributed by atoms with Gasteiger partial charge in [-0.1, -0.05) is 19.8 Å². The van der Waals surface area contributed by atoms with E-state index in [9.17, 15) is 9.59 Å². The normalized spacial score (nSPS) is 21.0. The maximum absolute atomic E-state index is 11.9. The van der Waals surface area contributed by atoms with Crippen LogP contribution in [0.1, 0.15) is 39.0 Å². The minimum atomic E-state index is -0.907. The number of carbonyl (C=O) groups is 2. The van der Waals surface area contributed by atoms with Gasteiger partial charge in [0.15, 0.2) is 0 Å². The highest BCUT2D eigenvalue weighted by atomic mass is 16.5. The van der Waals surface area contributed by atoms with Crippen LogP contribution < -0.4 is 0 Å². The van der Waals surface area contributed by atoms with E-state index < -0.39 is 12.0 Å². The van der Waals surface area contributed by atoms with Gasteiger partial charge in [-0.15, -0.1) is 0 Å². The van der Waals surface area contributed by atoms with E-state index in [0.717, 1.165) is 25.7 Å². The molecule has 0 aromatic carbocycles. The second-order valence-corrected chi connectivity index (χ2v) is 4.34. The molecule has 0 aromatic rings. The van der Waals surface area contributed by atoms with E-state index in [1.165, 1.54) is 4.90 Å². The summed E-state index contributed by atoms with van der Waals surface area (Å²) in [5, 5.41) is 9.12. The third-order valence-corrected chi connectivity index (χ3v) is 2.93. The number of ether oxygens (including phenoxy) is 1. The molecular formula is C12H21NO4. The Bertz CT molecular complexity index is 267. The van der Waals surface area contributed by atoms with Crippen LogP contribution in [0.2, 0.25) is 0 Å². The number of likely N-dealkylation sites (tertiary alicyclic amines) is 1. The van der Waals surface area contributed by atoms with Crippen molar-refractivity contribution < 1.29 is 19.4 Å². The van der Waals surface area contributed by atoms with Crippen LogP contribution >= 0.6 is 0 Å². The standard InChI is InChI=1S/C12H21NO4/c1-2-8-17-9-11(14)13-7-5-3-4-6-10(13)12(15)16/h10H,2-9H2,1H3,(H,15,16). The van der Waals surface area contributed by atoms with E-state index in [1.807, 2.05) is 6.92 Å². The molecule has 0 spiro atoms. The molecule has 0 aromatic heterocycles. The Morgan fingerprint density at radius 1 is 1.35 bits per heavy atom. The van der Waals surface area contributed by atoms with Gasteiger partial charge in [-0.05, 0) is 19.3 Å². The van der Waals surface area contributed by atoms with Gasteiger partial charge in [0.05, 0.1) is 0 Å². The zero-order chi connectivity index (χ0) is 12.7. The van der Waals surface area contributed by atoms with E-state index >= 15 is 0 Å². The molecule has 1 atom stereocenters. The summed E-state index contributed by atoms with van der Waals surface area (Å²) in [5.74, 6) is -1.11. The number of nitrogens with zero attached hydrogens (tertiary/aromatic N) is 1. The van der Waals surface area contributed by atoms with Crippen molar-refractivity contribution in [1.29, 1.82) is 0 Å². The number of hydrogen-bond acceptors (Lipinski definition) is 3. The highest BCUT2D eigenvalue weighted by Crippen LogP contribution is 2.17. The number of rotatable bonds is 5. The van der Waals surface area contributed by atoms with E-state index in [-0.39, 0.29) is 12.5 Å². The van der Waals surface area contributed by atoms with Crippen molar-refractivity contribution in [3.8, 4) is 0 Å². The summed E-state index contributed by atoms with van der Waals surface area (Å²) in [6.45, 7) is 3.04. The summed E-state index contributed by atoms with van der Waals surface area (Å²) in [6.07, 6.45) is 4.15. The Morgan fingerprint density at radius 3 is 2.76 bits per heavy atom. The van der Waals surface area contributed by atoms with Gasteiger partial charge in [0, 0.05) is 13.2 Å². The summed E-state index contributed by atoms with van der Waals surface area (Å²) < 4.78 is 5.18. The predicted octanol–water partition coefficient (Wildman–Crippen LogP) is 1.27. The van der Waals surface area contributed by atoms with E-state index in [0.29, 0.717) is 19.6 Å². The molecular weight excluding hydrogens is 222 g/mol.